The average Bonchev–Trinajstić information content (AvgIpc) is 2.59. The first kappa shape index (κ1) is 16.9. The lowest BCUT2D eigenvalue weighted by molar-refractivity contribution is -0.143. The Bertz CT molecular complexity index is 575. The van der Waals surface area contributed by atoms with Crippen LogP contribution in [0.2, 0.25) is 0 Å². The molecule has 1 saturated heterocycles. The fourth-order valence-corrected chi connectivity index (χ4v) is 2.75. The molecule has 1 atom stereocenters. The highest BCUT2D eigenvalue weighted by atomic mass is 16.5. The van der Waals surface area contributed by atoms with E-state index in [0.29, 0.717) is 42.2 Å². The Balaban J connectivity index is 2.30. The smallest absolute Gasteiger partial charge is 0.308 e. The van der Waals surface area contributed by atoms with Crippen LogP contribution < -0.4 is 14.2 Å². The van der Waals surface area contributed by atoms with Crippen molar-refractivity contribution in [1.82, 2.24) is 4.90 Å². The fraction of sp³-hybridized carbons (Fsp3) is 0.500. The molecular weight excluding hydrogens is 302 g/mol. The first-order valence-electron chi connectivity index (χ1n) is 7.33. The zero-order valence-corrected chi connectivity index (χ0v) is 13.5. The molecule has 7 nitrogen and oxygen atoms in total. The maximum Gasteiger partial charge on any atom is 0.308 e. The number of rotatable bonds is 5. The monoisotopic (exact) mass is 323 g/mol. The Morgan fingerprint density at radius 3 is 2.22 bits per heavy atom. The summed E-state index contributed by atoms with van der Waals surface area (Å²) >= 11 is 0. The maximum absolute atomic E-state index is 12.7. The number of carboxylic acid groups (broad SMARTS) is 1. The zero-order chi connectivity index (χ0) is 17.0. The van der Waals surface area contributed by atoms with Gasteiger partial charge in [-0.15, -0.1) is 0 Å². The number of aliphatic carboxylic acids is 1. The molecule has 0 spiro atoms. The molecule has 1 N–H and O–H groups in total. The highest BCUT2D eigenvalue weighted by molar-refractivity contribution is 5.96. The van der Waals surface area contributed by atoms with Gasteiger partial charge < -0.3 is 24.2 Å². The minimum absolute atomic E-state index is 0.213. The first-order chi connectivity index (χ1) is 11.0. The van der Waals surface area contributed by atoms with E-state index in [4.69, 9.17) is 19.3 Å². The van der Waals surface area contributed by atoms with Gasteiger partial charge >= 0.3 is 5.97 Å². The van der Waals surface area contributed by atoms with Gasteiger partial charge in [0.05, 0.1) is 27.2 Å². The van der Waals surface area contributed by atoms with Crippen LogP contribution in [0.4, 0.5) is 0 Å². The number of methoxy groups -OCH3 is 3. The van der Waals surface area contributed by atoms with Gasteiger partial charge in [0.25, 0.3) is 5.91 Å². The molecule has 0 radical (unpaired) electrons. The van der Waals surface area contributed by atoms with Crippen LogP contribution in [0.3, 0.4) is 0 Å². The van der Waals surface area contributed by atoms with Crippen molar-refractivity contribution in [2.24, 2.45) is 5.92 Å². The third kappa shape index (κ3) is 3.49. The van der Waals surface area contributed by atoms with E-state index in [1.807, 2.05) is 0 Å². The normalized spacial score (nSPS) is 17.5. The molecule has 1 amide bonds. The number of benzene rings is 1. The quantitative estimate of drug-likeness (QED) is 0.887. The highest BCUT2D eigenvalue weighted by Crippen LogP contribution is 2.38. The Morgan fingerprint density at radius 1 is 1.13 bits per heavy atom. The van der Waals surface area contributed by atoms with E-state index in [2.05, 4.69) is 0 Å². The number of carboxylic acids is 1. The fourth-order valence-electron chi connectivity index (χ4n) is 2.75. The molecule has 23 heavy (non-hydrogen) atoms. The number of carbonyl (C=O) groups is 2. The second-order valence-electron chi connectivity index (χ2n) is 5.34. The van der Waals surface area contributed by atoms with Crippen LogP contribution in [0, 0.1) is 5.92 Å². The predicted molar refractivity (Wildman–Crippen MR) is 82.4 cm³/mol. The lowest BCUT2D eigenvalue weighted by atomic mass is 9.97. The molecule has 1 aliphatic heterocycles. The summed E-state index contributed by atoms with van der Waals surface area (Å²) in [5.74, 6) is -0.435. The van der Waals surface area contributed by atoms with Gasteiger partial charge in [0.2, 0.25) is 5.75 Å². The third-order valence-corrected chi connectivity index (χ3v) is 3.97. The van der Waals surface area contributed by atoms with Crippen LogP contribution in [0.5, 0.6) is 17.2 Å². The molecule has 1 aromatic carbocycles. The largest absolute Gasteiger partial charge is 0.493 e. The first-order valence-corrected chi connectivity index (χ1v) is 7.33. The summed E-state index contributed by atoms with van der Waals surface area (Å²) < 4.78 is 15.7. The van der Waals surface area contributed by atoms with Crippen LogP contribution in [-0.2, 0) is 4.79 Å². The molecule has 126 valence electrons. The molecule has 1 aromatic rings. The molecule has 0 unspecified atom stereocenters. The molecule has 0 bridgehead atoms. The predicted octanol–water partition coefficient (Wildman–Crippen LogP) is 1.65. The average molecular weight is 323 g/mol. The molecule has 7 heteroatoms. The topological polar surface area (TPSA) is 85.3 Å². The van der Waals surface area contributed by atoms with Crippen LogP contribution in [0.1, 0.15) is 23.2 Å². The van der Waals surface area contributed by atoms with Crippen molar-refractivity contribution in [3.05, 3.63) is 17.7 Å². The molecule has 1 fully saturated rings. The van der Waals surface area contributed by atoms with E-state index >= 15 is 0 Å². The number of hydrogen-bond acceptors (Lipinski definition) is 5. The van der Waals surface area contributed by atoms with E-state index < -0.39 is 11.9 Å². The second kappa shape index (κ2) is 7.21. The summed E-state index contributed by atoms with van der Waals surface area (Å²) in [5, 5.41) is 9.15. The Morgan fingerprint density at radius 2 is 1.74 bits per heavy atom. The van der Waals surface area contributed by atoms with E-state index in [9.17, 15) is 9.59 Å². The summed E-state index contributed by atoms with van der Waals surface area (Å²) in [4.78, 5) is 25.4. The standard InChI is InChI=1S/C16H21NO6/c1-21-12-7-11(8-13(22-2)14(12)23-3)15(18)17-6-4-5-10(9-17)16(19)20/h7-8,10H,4-6,9H2,1-3H3,(H,19,20)/t10-/m0/s1. The minimum Gasteiger partial charge on any atom is -0.493 e. The van der Waals surface area contributed by atoms with Crippen molar-refractivity contribution in [1.29, 1.82) is 0 Å². The van der Waals surface area contributed by atoms with Crippen molar-refractivity contribution < 1.29 is 28.9 Å². The number of nitrogens with zero attached hydrogens (tertiary/aromatic N) is 1. The number of carbonyl (C=O) groups excluding carboxylic acids is 1. The number of ether oxygens (including phenoxy) is 3. The van der Waals surface area contributed by atoms with Crippen molar-refractivity contribution in [3.8, 4) is 17.2 Å². The SMILES string of the molecule is COc1cc(C(=O)N2CCC[C@H](C(=O)O)C2)cc(OC)c1OC. The summed E-state index contributed by atoms with van der Waals surface area (Å²) in [6, 6.07) is 3.15. The molecule has 0 aromatic heterocycles. The van der Waals surface area contributed by atoms with Gasteiger partial charge in [0.1, 0.15) is 0 Å². The van der Waals surface area contributed by atoms with E-state index in [0.717, 1.165) is 0 Å². The minimum atomic E-state index is -0.868. The summed E-state index contributed by atoms with van der Waals surface area (Å²) in [6.07, 6.45) is 1.27. The second-order valence-corrected chi connectivity index (χ2v) is 5.34. The zero-order valence-electron chi connectivity index (χ0n) is 13.5. The number of amides is 1. The summed E-state index contributed by atoms with van der Waals surface area (Å²) in [6.45, 7) is 0.754. The molecule has 0 saturated carbocycles. The third-order valence-electron chi connectivity index (χ3n) is 3.97. The van der Waals surface area contributed by atoms with Crippen molar-refractivity contribution in [3.63, 3.8) is 0 Å². The van der Waals surface area contributed by atoms with Crippen molar-refractivity contribution in [2.75, 3.05) is 34.4 Å². The van der Waals surface area contributed by atoms with E-state index in [1.54, 1.807) is 17.0 Å². The van der Waals surface area contributed by atoms with E-state index in [-0.39, 0.29) is 12.5 Å². The number of likely N-dealkylation sites (tertiary alicyclic amines) is 1. The molecule has 0 aliphatic carbocycles. The maximum atomic E-state index is 12.7. The molecule has 2 rings (SSSR count). The lowest BCUT2D eigenvalue weighted by Gasteiger charge is -2.31. The summed E-state index contributed by atoms with van der Waals surface area (Å²) in [5.41, 5.74) is 0.380. The Labute approximate surface area is 134 Å². The van der Waals surface area contributed by atoms with Crippen LogP contribution in [-0.4, -0.2) is 56.3 Å². The molecule has 1 heterocycles. The van der Waals surface area contributed by atoms with Gasteiger partial charge in [-0.1, -0.05) is 0 Å². The van der Waals surface area contributed by atoms with Gasteiger partial charge in [-0.3, -0.25) is 9.59 Å². The van der Waals surface area contributed by atoms with Gasteiger partial charge in [0.15, 0.2) is 11.5 Å². The number of piperidine rings is 1. The van der Waals surface area contributed by atoms with Crippen LogP contribution in [0.25, 0.3) is 0 Å². The van der Waals surface area contributed by atoms with Gasteiger partial charge in [-0.2, -0.15) is 0 Å². The Hall–Kier alpha value is -2.44. The van der Waals surface area contributed by atoms with Crippen molar-refractivity contribution in [2.45, 2.75) is 12.8 Å². The van der Waals surface area contributed by atoms with E-state index in [1.165, 1.54) is 21.3 Å². The van der Waals surface area contributed by atoms with Crippen LogP contribution >= 0.6 is 0 Å². The molecular formula is C16H21NO6. The lowest BCUT2D eigenvalue weighted by Crippen LogP contribution is -2.42. The van der Waals surface area contributed by atoms with Gasteiger partial charge in [0, 0.05) is 18.7 Å². The Kier molecular flexibility index (Phi) is 5.31. The highest BCUT2D eigenvalue weighted by Gasteiger charge is 2.29. The van der Waals surface area contributed by atoms with Gasteiger partial charge in [-0.05, 0) is 25.0 Å². The van der Waals surface area contributed by atoms with Crippen molar-refractivity contribution >= 4 is 11.9 Å². The van der Waals surface area contributed by atoms with Gasteiger partial charge in [-0.25, -0.2) is 0 Å². The molecule has 1 aliphatic rings. The number of hydrogen-bond donors (Lipinski definition) is 1. The van der Waals surface area contributed by atoms with Crippen LogP contribution in [0.15, 0.2) is 12.1 Å². The summed E-state index contributed by atoms with van der Waals surface area (Å²) in [7, 11) is 4.45.